The maximum atomic E-state index is 11.3. The lowest BCUT2D eigenvalue weighted by Gasteiger charge is -2.21. The van der Waals surface area contributed by atoms with Crippen LogP contribution in [0.15, 0.2) is 42.5 Å². The van der Waals surface area contributed by atoms with Gasteiger partial charge in [0.1, 0.15) is 5.75 Å². The molecule has 4 heteroatoms. The molecule has 1 saturated carbocycles. The average Bonchev–Trinajstić information content (AvgIpc) is 3.27. The predicted octanol–water partition coefficient (Wildman–Crippen LogP) is 2.75. The second kappa shape index (κ2) is 5.70. The fourth-order valence-corrected chi connectivity index (χ4v) is 3.24. The molecule has 0 bridgehead atoms. The highest BCUT2D eigenvalue weighted by atomic mass is 16.3. The Morgan fingerprint density at radius 1 is 1.22 bits per heavy atom. The summed E-state index contributed by atoms with van der Waals surface area (Å²) in [5.74, 6) is -0.222. The van der Waals surface area contributed by atoms with Crippen LogP contribution in [-0.2, 0) is 5.41 Å². The molecule has 2 aromatic carbocycles. The zero-order valence-corrected chi connectivity index (χ0v) is 13.5. The molecular formula is C19H22N2O2. The summed E-state index contributed by atoms with van der Waals surface area (Å²) < 4.78 is 0. The summed E-state index contributed by atoms with van der Waals surface area (Å²) in [6.45, 7) is 0.989. The Morgan fingerprint density at radius 2 is 1.96 bits per heavy atom. The second-order valence-corrected chi connectivity index (χ2v) is 6.70. The van der Waals surface area contributed by atoms with Crippen molar-refractivity contribution in [1.82, 2.24) is 4.90 Å². The van der Waals surface area contributed by atoms with E-state index < -0.39 is 5.91 Å². The molecule has 1 amide bonds. The van der Waals surface area contributed by atoms with Gasteiger partial charge in [0.05, 0.1) is 0 Å². The number of amides is 1. The van der Waals surface area contributed by atoms with Gasteiger partial charge in [-0.05, 0) is 56.3 Å². The van der Waals surface area contributed by atoms with Crippen LogP contribution in [0, 0.1) is 0 Å². The zero-order chi connectivity index (χ0) is 16.6. The van der Waals surface area contributed by atoms with E-state index in [0.29, 0.717) is 5.56 Å². The summed E-state index contributed by atoms with van der Waals surface area (Å²) in [6.07, 6.45) is 2.31. The Labute approximate surface area is 136 Å². The number of phenolic OH excluding ortho intramolecular Hbond substituents is 1. The van der Waals surface area contributed by atoms with E-state index in [9.17, 15) is 9.90 Å². The Kier molecular flexibility index (Phi) is 3.86. The van der Waals surface area contributed by atoms with Crippen LogP contribution in [-0.4, -0.2) is 36.6 Å². The van der Waals surface area contributed by atoms with Gasteiger partial charge in [0.2, 0.25) is 5.91 Å². The first kappa shape index (κ1) is 15.6. The standard InChI is InChI=1S/C19H22N2O2/c1-21(2)12-19(8-9-19)15-6-7-16(17(22)11-15)13-4-3-5-14(10-13)18(20)23/h3-7,10-11,22H,8-9,12H2,1-2H3,(H2,20,23). The monoisotopic (exact) mass is 310 g/mol. The minimum Gasteiger partial charge on any atom is -0.507 e. The third-order valence-corrected chi connectivity index (χ3v) is 4.54. The topological polar surface area (TPSA) is 66.6 Å². The highest BCUT2D eigenvalue weighted by molar-refractivity contribution is 5.94. The first-order chi connectivity index (χ1) is 10.9. The second-order valence-electron chi connectivity index (χ2n) is 6.70. The molecule has 0 aromatic heterocycles. The Hall–Kier alpha value is -2.33. The molecule has 0 heterocycles. The molecule has 0 radical (unpaired) electrons. The summed E-state index contributed by atoms with van der Waals surface area (Å²) >= 11 is 0. The third kappa shape index (κ3) is 3.08. The number of carbonyl (C=O) groups excluding carboxylic acids is 1. The van der Waals surface area contributed by atoms with E-state index in [1.807, 2.05) is 18.2 Å². The summed E-state index contributed by atoms with van der Waals surface area (Å²) in [5.41, 5.74) is 8.64. The van der Waals surface area contributed by atoms with Gasteiger partial charge in [0, 0.05) is 23.1 Å². The van der Waals surface area contributed by atoms with Crippen LogP contribution in [0.2, 0.25) is 0 Å². The molecule has 0 aliphatic heterocycles. The van der Waals surface area contributed by atoms with Crippen molar-refractivity contribution < 1.29 is 9.90 Å². The first-order valence-electron chi connectivity index (χ1n) is 7.80. The van der Waals surface area contributed by atoms with Gasteiger partial charge in [-0.1, -0.05) is 24.3 Å². The van der Waals surface area contributed by atoms with E-state index in [1.165, 1.54) is 5.56 Å². The van der Waals surface area contributed by atoms with E-state index in [0.717, 1.165) is 30.5 Å². The quantitative estimate of drug-likeness (QED) is 0.892. The average molecular weight is 310 g/mol. The number of nitrogens with zero attached hydrogens (tertiary/aromatic N) is 1. The SMILES string of the molecule is CN(C)CC1(c2ccc(-c3cccc(C(N)=O)c3)c(O)c2)CC1. The fraction of sp³-hybridized carbons (Fsp3) is 0.316. The summed E-state index contributed by atoms with van der Waals surface area (Å²) in [7, 11) is 4.15. The highest BCUT2D eigenvalue weighted by Crippen LogP contribution is 2.50. The van der Waals surface area contributed by atoms with E-state index >= 15 is 0 Å². The number of aromatic hydroxyl groups is 1. The molecule has 1 aliphatic carbocycles. The molecule has 1 aliphatic rings. The van der Waals surface area contributed by atoms with Gasteiger partial charge in [0.15, 0.2) is 0 Å². The minimum absolute atomic E-state index is 0.175. The number of rotatable bonds is 5. The maximum Gasteiger partial charge on any atom is 0.248 e. The Balaban J connectivity index is 1.94. The summed E-state index contributed by atoms with van der Waals surface area (Å²) in [4.78, 5) is 13.5. The number of phenols is 1. The van der Waals surface area contributed by atoms with Crippen LogP contribution >= 0.6 is 0 Å². The number of nitrogens with two attached hydrogens (primary N) is 1. The van der Waals surface area contributed by atoms with Crippen LogP contribution in [0.25, 0.3) is 11.1 Å². The van der Waals surface area contributed by atoms with Gasteiger partial charge in [-0.15, -0.1) is 0 Å². The number of hydrogen-bond donors (Lipinski definition) is 2. The third-order valence-electron chi connectivity index (χ3n) is 4.54. The van der Waals surface area contributed by atoms with Crippen molar-refractivity contribution in [3.8, 4) is 16.9 Å². The normalized spacial score (nSPS) is 15.6. The summed E-state index contributed by atoms with van der Waals surface area (Å²) in [6, 6.07) is 12.9. The molecule has 1 fully saturated rings. The predicted molar refractivity (Wildman–Crippen MR) is 91.5 cm³/mol. The summed E-state index contributed by atoms with van der Waals surface area (Å²) in [5, 5.41) is 10.5. The van der Waals surface area contributed by atoms with Crippen LogP contribution < -0.4 is 5.73 Å². The molecular weight excluding hydrogens is 288 g/mol. The molecule has 0 atom stereocenters. The first-order valence-corrected chi connectivity index (χ1v) is 7.80. The lowest BCUT2D eigenvalue weighted by molar-refractivity contribution is 0.100. The maximum absolute atomic E-state index is 11.3. The van der Waals surface area contributed by atoms with E-state index in [2.05, 4.69) is 25.1 Å². The lowest BCUT2D eigenvalue weighted by atomic mass is 9.92. The van der Waals surface area contributed by atoms with E-state index in [1.54, 1.807) is 18.2 Å². The number of hydrogen-bond acceptors (Lipinski definition) is 3. The van der Waals surface area contributed by atoms with Gasteiger partial charge in [-0.2, -0.15) is 0 Å². The molecule has 0 saturated heterocycles. The highest BCUT2D eigenvalue weighted by Gasteiger charge is 2.44. The van der Waals surface area contributed by atoms with Gasteiger partial charge < -0.3 is 15.7 Å². The largest absolute Gasteiger partial charge is 0.507 e. The number of benzene rings is 2. The molecule has 120 valence electrons. The van der Waals surface area contributed by atoms with Crippen molar-refractivity contribution in [1.29, 1.82) is 0 Å². The Bertz CT molecular complexity index is 749. The van der Waals surface area contributed by atoms with Crippen molar-refractivity contribution in [3.63, 3.8) is 0 Å². The molecule has 3 rings (SSSR count). The van der Waals surface area contributed by atoms with Gasteiger partial charge in [-0.25, -0.2) is 0 Å². The number of primary amides is 1. The van der Waals surface area contributed by atoms with Gasteiger partial charge in [-0.3, -0.25) is 4.79 Å². The van der Waals surface area contributed by atoms with Crippen LogP contribution in [0.1, 0.15) is 28.8 Å². The van der Waals surface area contributed by atoms with Crippen molar-refractivity contribution >= 4 is 5.91 Å². The van der Waals surface area contributed by atoms with Crippen molar-refractivity contribution in [2.45, 2.75) is 18.3 Å². The lowest BCUT2D eigenvalue weighted by Crippen LogP contribution is -2.25. The number of carbonyl (C=O) groups is 1. The van der Waals surface area contributed by atoms with Crippen LogP contribution in [0.5, 0.6) is 5.75 Å². The van der Waals surface area contributed by atoms with Crippen molar-refractivity contribution in [2.75, 3.05) is 20.6 Å². The zero-order valence-electron chi connectivity index (χ0n) is 13.5. The van der Waals surface area contributed by atoms with Gasteiger partial charge in [0.25, 0.3) is 0 Å². The smallest absolute Gasteiger partial charge is 0.248 e. The number of likely N-dealkylation sites (N-methyl/N-ethyl adjacent to an activating group) is 1. The molecule has 23 heavy (non-hydrogen) atoms. The molecule has 2 aromatic rings. The Morgan fingerprint density at radius 3 is 2.52 bits per heavy atom. The van der Waals surface area contributed by atoms with Gasteiger partial charge >= 0.3 is 0 Å². The molecule has 4 nitrogen and oxygen atoms in total. The van der Waals surface area contributed by atoms with E-state index in [4.69, 9.17) is 5.73 Å². The molecule has 0 spiro atoms. The van der Waals surface area contributed by atoms with Crippen LogP contribution in [0.3, 0.4) is 0 Å². The molecule has 0 unspecified atom stereocenters. The van der Waals surface area contributed by atoms with Crippen LogP contribution in [0.4, 0.5) is 0 Å². The van der Waals surface area contributed by atoms with Crippen molar-refractivity contribution in [3.05, 3.63) is 53.6 Å². The van der Waals surface area contributed by atoms with E-state index in [-0.39, 0.29) is 11.2 Å². The minimum atomic E-state index is -0.467. The van der Waals surface area contributed by atoms with Crippen molar-refractivity contribution in [2.24, 2.45) is 5.73 Å². The fourth-order valence-electron chi connectivity index (χ4n) is 3.24. The molecule has 3 N–H and O–H groups in total.